The van der Waals surface area contributed by atoms with E-state index in [-0.39, 0.29) is 5.54 Å². The molecule has 1 heterocycles. The largest absolute Gasteiger partial charge is 0.377 e. The topological polar surface area (TPSA) is 38.5 Å². The maximum Gasteiger partial charge on any atom is 0.0703 e. The van der Waals surface area contributed by atoms with Crippen molar-refractivity contribution in [3.05, 3.63) is 0 Å². The maximum atomic E-state index is 6.26. The van der Waals surface area contributed by atoms with E-state index in [0.717, 1.165) is 25.5 Å². The van der Waals surface area contributed by atoms with Crippen molar-refractivity contribution >= 4 is 0 Å². The molecular weight excluding hydrogens is 260 g/mol. The first-order chi connectivity index (χ1) is 9.86. The van der Waals surface area contributed by atoms with Crippen molar-refractivity contribution in [3.8, 4) is 0 Å². The Bertz CT molecular complexity index is 334. The molecule has 1 saturated heterocycles. The van der Waals surface area contributed by atoms with Crippen LogP contribution in [0.3, 0.4) is 0 Å². The first-order valence-corrected chi connectivity index (χ1v) is 8.91. The molecule has 0 radical (unpaired) electrons. The molecule has 0 bridgehead atoms. The van der Waals surface area contributed by atoms with Gasteiger partial charge < -0.3 is 10.5 Å². The second kappa shape index (κ2) is 6.55. The predicted molar refractivity (Wildman–Crippen MR) is 89.4 cm³/mol. The van der Waals surface area contributed by atoms with Crippen LogP contribution in [0, 0.1) is 11.3 Å². The van der Waals surface area contributed by atoms with E-state index in [0.29, 0.717) is 17.6 Å². The van der Waals surface area contributed by atoms with Gasteiger partial charge in [-0.2, -0.15) is 0 Å². The van der Waals surface area contributed by atoms with Gasteiger partial charge in [-0.15, -0.1) is 0 Å². The SMILES string of the molecule is CCC(C)(C)C1CCC(CN)(N(C)C2CCOC2C)CC1. The Morgan fingerprint density at radius 3 is 2.29 bits per heavy atom. The van der Waals surface area contributed by atoms with Gasteiger partial charge in [0.15, 0.2) is 0 Å². The third-order valence-corrected chi connectivity index (χ3v) is 6.89. The summed E-state index contributed by atoms with van der Waals surface area (Å²) in [6.45, 7) is 11.1. The Morgan fingerprint density at radius 2 is 1.86 bits per heavy atom. The van der Waals surface area contributed by atoms with Gasteiger partial charge in [0.25, 0.3) is 0 Å². The first-order valence-electron chi connectivity index (χ1n) is 8.91. The van der Waals surface area contributed by atoms with Crippen LogP contribution >= 0.6 is 0 Å². The lowest BCUT2D eigenvalue weighted by atomic mass is 9.65. The Labute approximate surface area is 131 Å². The highest BCUT2D eigenvalue weighted by Gasteiger charge is 2.45. The molecule has 0 spiro atoms. The molecule has 2 fully saturated rings. The predicted octanol–water partition coefficient (Wildman–Crippen LogP) is 3.42. The fraction of sp³-hybridized carbons (Fsp3) is 1.00. The monoisotopic (exact) mass is 296 g/mol. The average Bonchev–Trinajstić information content (AvgIpc) is 2.92. The van der Waals surface area contributed by atoms with Crippen LogP contribution in [-0.2, 0) is 4.74 Å². The van der Waals surface area contributed by atoms with E-state index < -0.39 is 0 Å². The van der Waals surface area contributed by atoms with Gasteiger partial charge in [0.1, 0.15) is 0 Å². The summed E-state index contributed by atoms with van der Waals surface area (Å²) in [6, 6.07) is 0.546. The smallest absolute Gasteiger partial charge is 0.0703 e. The van der Waals surface area contributed by atoms with Crippen molar-refractivity contribution in [1.82, 2.24) is 4.90 Å². The summed E-state index contributed by atoms with van der Waals surface area (Å²) < 4.78 is 5.78. The van der Waals surface area contributed by atoms with Gasteiger partial charge in [-0.1, -0.05) is 27.2 Å². The van der Waals surface area contributed by atoms with E-state index in [2.05, 4.69) is 39.6 Å². The number of hydrogen-bond donors (Lipinski definition) is 1. The molecule has 3 nitrogen and oxygen atoms in total. The summed E-state index contributed by atoms with van der Waals surface area (Å²) in [5.41, 5.74) is 6.93. The minimum absolute atomic E-state index is 0.201. The molecule has 2 rings (SSSR count). The second-order valence-corrected chi connectivity index (χ2v) is 8.09. The van der Waals surface area contributed by atoms with Crippen molar-refractivity contribution in [1.29, 1.82) is 0 Å². The molecule has 1 aliphatic carbocycles. The summed E-state index contributed by atoms with van der Waals surface area (Å²) >= 11 is 0. The van der Waals surface area contributed by atoms with Crippen molar-refractivity contribution in [2.75, 3.05) is 20.2 Å². The molecule has 0 amide bonds. The molecule has 2 N–H and O–H groups in total. The van der Waals surface area contributed by atoms with Crippen LogP contribution < -0.4 is 5.73 Å². The number of rotatable bonds is 5. The van der Waals surface area contributed by atoms with Crippen molar-refractivity contribution < 1.29 is 4.74 Å². The van der Waals surface area contributed by atoms with Crippen LogP contribution in [0.1, 0.15) is 66.2 Å². The van der Waals surface area contributed by atoms with Gasteiger partial charge in [0.05, 0.1) is 6.10 Å². The van der Waals surface area contributed by atoms with Crippen molar-refractivity contribution in [2.24, 2.45) is 17.1 Å². The highest BCUT2D eigenvalue weighted by atomic mass is 16.5. The molecule has 21 heavy (non-hydrogen) atoms. The van der Waals surface area contributed by atoms with Crippen LogP contribution in [0.2, 0.25) is 0 Å². The van der Waals surface area contributed by atoms with Gasteiger partial charge in [0.2, 0.25) is 0 Å². The lowest BCUT2D eigenvalue weighted by Gasteiger charge is -2.51. The summed E-state index contributed by atoms with van der Waals surface area (Å²) in [5.74, 6) is 0.854. The zero-order valence-corrected chi connectivity index (χ0v) is 14.8. The van der Waals surface area contributed by atoms with E-state index in [4.69, 9.17) is 10.5 Å². The first kappa shape index (κ1) is 17.2. The Morgan fingerprint density at radius 1 is 1.24 bits per heavy atom. The Hall–Kier alpha value is -0.120. The molecular formula is C18H36N2O. The summed E-state index contributed by atoms with van der Waals surface area (Å²) in [4.78, 5) is 2.58. The molecule has 0 aromatic heterocycles. The maximum absolute atomic E-state index is 6.26. The molecule has 0 aromatic carbocycles. The highest BCUT2D eigenvalue weighted by Crippen LogP contribution is 2.45. The average molecular weight is 296 g/mol. The molecule has 2 atom stereocenters. The van der Waals surface area contributed by atoms with Gasteiger partial charge in [0, 0.05) is 24.7 Å². The zero-order chi connectivity index (χ0) is 15.7. The summed E-state index contributed by atoms with van der Waals surface area (Å²) in [7, 11) is 2.29. The summed E-state index contributed by atoms with van der Waals surface area (Å²) in [6.07, 6.45) is 7.92. The van der Waals surface area contributed by atoms with E-state index in [1.165, 1.54) is 32.1 Å². The van der Waals surface area contributed by atoms with Crippen LogP contribution in [0.15, 0.2) is 0 Å². The van der Waals surface area contributed by atoms with Crippen molar-refractivity contribution in [3.63, 3.8) is 0 Å². The fourth-order valence-corrected chi connectivity index (χ4v) is 4.51. The normalized spacial score (nSPS) is 38.1. The second-order valence-electron chi connectivity index (χ2n) is 8.09. The number of nitrogens with zero attached hydrogens (tertiary/aromatic N) is 1. The number of likely N-dealkylation sites (N-methyl/N-ethyl adjacent to an activating group) is 1. The molecule has 0 aromatic rings. The molecule has 1 aliphatic heterocycles. The third kappa shape index (κ3) is 3.30. The number of ether oxygens (including phenoxy) is 1. The van der Waals surface area contributed by atoms with E-state index in [9.17, 15) is 0 Å². The standard InChI is InChI=1S/C18H36N2O/c1-6-17(3,4)15-7-10-18(13-19,11-8-15)20(5)16-9-12-21-14(16)2/h14-16H,6-13,19H2,1-5H3. The van der Waals surface area contributed by atoms with Crippen LogP contribution in [0.4, 0.5) is 0 Å². The van der Waals surface area contributed by atoms with Gasteiger partial charge >= 0.3 is 0 Å². The zero-order valence-electron chi connectivity index (χ0n) is 14.8. The van der Waals surface area contributed by atoms with Crippen LogP contribution in [0.5, 0.6) is 0 Å². The lowest BCUT2D eigenvalue weighted by molar-refractivity contribution is -0.0130. The molecule has 1 saturated carbocycles. The van der Waals surface area contributed by atoms with Crippen LogP contribution in [0.25, 0.3) is 0 Å². The van der Waals surface area contributed by atoms with E-state index >= 15 is 0 Å². The minimum Gasteiger partial charge on any atom is -0.377 e. The molecule has 2 unspecified atom stereocenters. The fourth-order valence-electron chi connectivity index (χ4n) is 4.51. The minimum atomic E-state index is 0.201. The third-order valence-electron chi connectivity index (χ3n) is 6.89. The number of hydrogen-bond acceptors (Lipinski definition) is 3. The molecule has 124 valence electrons. The number of nitrogens with two attached hydrogens (primary N) is 1. The Kier molecular flexibility index (Phi) is 5.38. The van der Waals surface area contributed by atoms with E-state index in [1.807, 2.05) is 0 Å². The Balaban J connectivity index is 2.04. The van der Waals surface area contributed by atoms with Gasteiger partial charge in [-0.25, -0.2) is 0 Å². The summed E-state index contributed by atoms with van der Waals surface area (Å²) in [5, 5.41) is 0. The van der Waals surface area contributed by atoms with Gasteiger partial charge in [-0.05, 0) is 57.4 Å². The highest BCUT2D eigenvalue weighted by molar-refractivity contribution is 5.00. The van der Waals surface area contributed by atoms with E-state index in [1.54, 1.807) is 0 Å². The van der Waals surface area contributed by atoms with Crippen LogP contribution in [-0.4, -0.2) is 42.8 Å². The quantitative estimate of drug-likeness (QED) is 0.845. The van der Waals surface area contributed by atoms with Crippen molar-refractivity contribution in [2.45, 2.75) is 83.9 Å². The lowest BCUT2D eigenvalue weighted by Crippen LogP contribution is -2.59. The molecule has 3 heteroatoms. The molecule has 2 aliphatic rings. The van der Waals surface area contributed by atoms with Gasteiger partial charge in [-0.3, -0.25) is 4.90 Å².